The van der Waals surface area contributed by atoms with E-state index >= 15 is 0 Å². The van der Waals surface area contributed by atoms with Crippen LogP contribution in [-0.4, -0.2) is 26.2 Å². The van der Waals surface area contributed by atoms with Gasteiger partial charge in [0.2, 0.25) is 0 Å². The van der Waals surface area contributed by atoms with Crippen LogP contribution in [0.4, 0.5) is 0 Å². The normalized spacial score (nSPS) is 17.7. The zero-order chi connectivity index (χ0) is 11.4. The van der Waals surface area contributed by atoms with E-state index in [1.165, 1.54) is 20.3 Å². The molecule has 5 nitrogen and oxygen atoms in total. The van der Waals surface area contributed by atoms with Gasteiger partial charge in [0.1, 0.15) is 5.57 Å². The van der Waals surface area contributed by atoms with E-state index < -0.39 is 11.9 Å². The molecule has 15 heavy (non-hydrogen) atoms. The molecule has 1 aliphatic rings. The minimum atomic E-state index is -0.627. The molecule has 0 aromatic rings. The summed E-state index contributed by atoms with van der Waals surface area (Å²) in [6.07, 6.45) is 2.34. The summed E-state index contributed by atoms with van der Waals surface area (Å²) in [5.74, 6) is -1.01. The number of rotatable bonds is 3. The molecular weight excluding hydrogens is 200 g/mol. The van der Waals surface area contributed by atoms with Crippen molar-refractivity contribution in [3.63, 3.8) is 0 Å². The molecule has 0 N–H and O–H groups in total. The molecular formula is C10H10O5. The number of cyclic esters (lactones) is 1. The van der Waals surface area contributed by atoms with E-state index in [-0.39, 0.29) is 17.1 Å². The number of hydrogen-bond donors (Lipinski definition) is 0. The third-order valence-electron chi connectivity index (χ3n) is 1.75. The molecule has 80 valence electrons. The molecule has 0 amide bonds. The van der Waals surface area contributed by atoms with E-state index in [2.05, 4.69) is 11.3 Å². The van der Waals surface area contributed by atoms with Crippen molar-refractivity contribution in [1.82, 2.24) is 0 Å². The molecule has 0 atom stereocenters. The average Bonchev–Trinajstić information content (AvgIpc) is 2.53. The first-order chi connectivity index (χ1) is 7.13. The minimum Gasteiger partial charge on any atom is -0.492 e. The molecule has 0 radical (unpaired) electrons. The van der Waals surface area contributed by atoms with Crippen LogP contribution in [0.5, 0.6) is 0 Å². The second-order valence-corrected chi connectivity index (χ2v) is 2.57. The van der Waals surface area contributed by atoms with Crippen LogP contribution in [0.25, 0.3) is 0 Å². The van der Waals surface area contributed by atoms with Crippen molar-refractivity contribution in [1.29, 1.82) is 0 Å². The highest BCUT2D eigenvalue weighted by molar-refractivity contribution is 5.98. The fourth-order valence-electron chi connectivity index (χ4n) is 1.07. The van der Waals surface area contributed by atoms with Crippen LogP contribution < -0.4 is 0 Å². The Bertz CT molecular complexity index is 375. The summed E-state index contributed by atoms with van der Waals surface area (Å²) in [5, 5.41) is 0. The Morgan fingerprint density at radius 1 is 1.47 bits per heavy atom. The smallest absolute Gasteiger partial charge is 0.347 e. The Hall–Kier alpha value is -2.04. The SMILES string of the molecule is C=CC1=C(OC)/C(=C/C(=O)OC)OC1=O. The number of ether oxygens (including phenoxy) is 3. The van der Waals surface area contributed by atoms with Crippen LogP contribution >= 0.6 is 0 Å². The topological polar surface area (TPSA) is 61.8 Å². The van der Waals surface area contributed by atoms with Crippen LogP contribution in [0.15, 0.2) is 35.8 Å². The van der Waals surface area contributed by atoms with Crippen LogP contribution in [0.2, 0.25) is 0 Å². The van der Waals surface area contributed by atoms with Crippen LogP contribution in [-0.2, 0) is 23.8 Å². The number of methoxy groups -OCH3 is 2. The van der Waals surface area contributed by atoms with Crippen LogP contribution in [0.3, 0.4) is 0 Å². The first-order valence-corrected chi connectivity index (χ1v) is 4.07. The Morgan fingerprint density at radius 2 is 2.13 bits per heavy atom. The third kappa shape index (κ3) is 2.07. The number of esters is 2. The van der Waals surface area contributed by atoms with Gasteiger partial charge in [-0.25, -0.2) is 9.59 Å². The summed E-state index contributed by atoms with van der Waals surface area (Å²) in [4.78, 5) is 22.2. The molecule has 1 heterocycles. The largest absolute Gasteiger partial charge is 0.492 e. The van der Waals surface area contributed by atoms with Crippen molar-refractivity contribution in [2.45, 2.75) is 0 Å². The summed E-state index contributed by atoms with van der Waals surface area (Å²) in [6.45, 7) is 3.44. The zero-order valence-electron chi connectivity index (χ0n) is 8.40. The standard InChI is InChI=1S/C10H10O5/c1-4-6-9(14-3)7(15-10(6)12)5-8(11)13-2/h4-5H,1H2,2-3H3/b7-5-. The molecule has 0 unspecified atom stereocenters. The molecule has 0 aromatic carbocycles. The predicted octanol–water partition coefficient (Wildman–Crippen LogP) is 0.687. The number of carbonyl (C=O) groups excluding carboxylic acids is 2. The summed E-state index contributed by atoms with van der Waals surface area (Å²) in [7, 11) is 2.59. The molecule has 0 aromatic heterocycles. The first kappa shape index (κ1) is 11.0. The molecule has 0 saturated carbocycles. The lowest BCUT2D eigenvalue weighted by Crippen LogP contribution is -2.00. The number of carbonyl (C=O) groups is 2. The Kier molecular flexibility index (Phi) is 3.28. The minimum absolute atomic E-state index is 0.0317. The van der Waals surface area contributed by atoms with Crippen molar-refractivity contribution >= 4 is 11.9 Å². The van der Waals surface area contributed by atoms with Crippen molar-refractivity contribution in [2.75, 3.05) is 14.2 Å². The fraction of sp³-hybridized carbons (Fsp3) is 0.200. The van der Waals surface area contributed by atoms with Gasteiger partial charge in [-0.2, -0.15) is 0 Å². The average molecular weight is 210 g/mol. The van der Waals surface area contributed by atoms with Gasteiger partial charge in [-0.05, 0) is 0 Å². The van der Waals surface area contributed by atoms with E-state index in [4.69, 9.17) is 9.47 Å². The Balaban J connectivity index is 3.10. The maximum Gasteiger partial charge on any atom is 0.347 e. The summed E-state index contributed by atoms with van der Waals surface area (Å²) in [6, 6.07) is 0. The highest BCUT2D eigenvalue weighted by atomic mass is 16.6. The lowest BCUT2D eigenvalue weighted by molar-refractivity contribution is -0.135. The van der Waals surface area contributed by atoms with Gasteiger partial charge in [0.25, 0.3) is 0 Å². The Labute approximate surface area is 86.6 Å². The van der Waals surface area contributed by atoms with E-state index in [1.807, 2.05) is 0 Å². The summed E-state index contributed by atoms with van der Waals surface area (Å²) >= 11 is 0. The third-order valence-corrected chi connectivity index (χ3v) is 1.75. The van der Waals surface area contributed by atoms with Crippen molar-refractivity contribution in [2.24, 2.45) is 0 Å². The van der Waals surface area contributed by atoms with Crippen LogP contribution in [0, 0.1) is 0 Å². The van der Waals surface area contributed by atoms with E-state index in [0.717, 1.165) is 6.08 Å². The van der Waals surface area contributed by atoms with Gasteiger partial charge in [-0.15, -0.1) is 0 Å². The summed E-state index contributed by atoms with van der Waals surface area (Å²) in [5.41, 5.74) is 0.188. The molecule has 0 spiro atoms. The second kappa shape index (κ2) is 4.45. The van der Waals surface area contributed by atoms with Gasteiger partial charge in [0, 0.05) is 0 Å². The van der Waals surface area contributed by atoms with Gasteiger partial charge in [0.05, 0.1) is 20.3 Å². The Morgan fingerprint density at radius 3 is 2.60 bits per heavy atom. The van der Waals surface area contributed by atoms with E-state index in [9.17, 15) is 9.59 Å². The van der Waals surface area contributed by atoms with Gasteiger partial charge < -0.3 is 14.2 Å². The molecule has 0 bridgehead atoms. The van der Waals surface area contributed by atoms with E-state index in [1.54, 1.807) is 0 Å². The molecule has 1 rings (SSSR count). The van der Waals surface area contributed by atoms with Gasteiger partial charge in [-0.1, -0.05) is 12.7 Å². The van der Waals surface area contributed by atoms with E-state index in [0.29, 0.717) is 0 Å². The maximum absolute atomic E-state index is 11.2. The fourth-order valence-corrected chi connectivity index (χ4v) is 1.07. The molecule has 5 heteroatoms. The van der Waals surface area contributed by atoms with Gasteiger partial charge in [0.15, 0.2) is 11.5 Å². The molecule has 0 aliphatic carbocycles. The van der Waals surface area contributed by atoms with Crippen LogP contribution in [0.1, 0.15) is 0 Å². The molecule has 0 fully saturated rings. The summed E-state index contributed by atoms with van der Waals surface area (Å²) < 4.78 is 14.1. The zero-order valence-corrected chi connectivity index (χ0v) is 8.40. The maximum atomic E-state index is 11.2. The van der Waals surface area contributed by atoms with Crippen molar-refractivity contribution in [3.8, 4) is 0 Å². The molecule has 0 saturated heterocycles. The lowest BCUT2D eigenvalue weighted by atomic mass is 10.2. The van der Waals surface area contributed by atoms with Crippen molar-refractivity contribution in [3.05, 3.63) is 35.8 Å². The lowest BCUT2D eigenvalue weighted by Gasteiger charge is -2.01. The van der Waals surface area contributed by atoms with Gasteiger partial charge in [-0.3, -0.25) is 0 Å². The first-order valence-electron chi connectivity index (χ1n) is 4.07. The van der Waals surface area contributed by atoms with Crippen molar-refractivity contribution < 1.29 is 23.8 Å². The number of hydrogen-bond acceptors (Lipinski definition) is 5. The predicted molar refractivity (Wildman–Crippen MR) is 50.4 cm³/mol. The molecule has 1 aliphatic heterocycles. The quantitative estimate of drug-likeness (QED) is 0.506. The van der Waals surface area contributed by atoms with Gasteiger partial charge >= 0.3 is 11.9 Å². The highest BCUT2D eigenvalue weighted by Gasteiger charge is 2.29. The second-order valence-electron chi connectivity index (χ2n) is 2.57. The monoisotopic (exact) mass is 210 g/mol. The highest BCUT2D eigenvalue weighted by Crippen LogP contribution is 2.27.